The topological polar surface area (TPSA) is 77.2 Å². The van der Waals surface area contributed by atoms with Crippen molar-refractivity contribution in [2.75, 3.05) is 38.1 Å². The fourth-order valence-electron chi connectivity index (χ4n) is 3.62. The van der Waals surface area contributed by atoms with E-state index in [2.05, 4.69) is 30.7 Å². The second-order valence-corrected chi connectivity index (χ2v) is 7.54. The van der Waals surface area contributed by atoms with E-state index in [1.165, 1.54) is 24.6 Å². The lowest BCUT2D eigenvalue weighted by molar-refractivity contribution is 0.286. The molecule has 30 heavy (non-hydrogen) atoms. The maximum atomic E-state index is 12.4. The van der Waals surface area contributed by atoms with E-state index in [-0.39, 0.29) is 22.1 Å². The van der Waals surface area contributed by atoms with Crippen molar-refractivity contribution in [3.05, 3.63) is 52.7 Å². The van der Waals surface area contributed by atoms with E-state index < -0.39 is 5.75 Å². The first-order valence-corrected chi connectivity index (χ1v) is 10.5. The molecule has 0 aliphatic rings. The summed E-state index contributed by atoms with van der Waals surface area (Å²) < 4.78 is 5.74. The number of benzene rings is 2. The second kappa shape index (κ2) is 9.67. The van der Waals surface area contributed by atoms with Crippen molar-refractivity contribution in [2.24, 2.45) is 0 Å². The molecule has 2 aromatic carbocycles. The SMILES string of the molecule is CCCN(CC)CCCN(C)c1ccc(-c2cc(=O)c3ccc(O)c(O)c3o2)cc1. The van der Waals surface area contributed by atoms with Crippen LogP contribution in [0.2, 0.25) is 0 Å². The molecule has 0 atom stereocenters. The molecule has 0 aliphatic heterocycles. The molecule has 0 amide bonds. The largest absolute Gasteiger partial charge is 0.504 e. The summed E-state index contributed by atoms with van der Waals surface area (Å²) >= 11 is 0. The number of nitrogens with zero attached hydrogens (tertiary/aromatic N) is 2. The Morgan fingerprint density at radius 3 is 2.37 bits per heavy atom. The van der Waals surface area contributed by atoms with Crippen LogP contribution in [0.5, 0.6) is 11.5 Å². The molecule has 160 valence electrons. The number of phenolic OH excluding ortho intramolecular Hbond substituents is 2. The second-order valence-electron chi connectivity index (χ2n) is 7.54. The molecule has 3 aromatic rings. The van der Waals surface area contributed by atoms with Crippen molar-refractivity contribution in [3.8, 4) is 22.8 Å². The van der Waals surface area contributed by atoms with Gasteiger partial charge in [-0.3, -0.25) is 4.79 Å². The number of fused-ring (bicyclic) bond motifs is 1. The van der Waals surface area contributed by atoms with Crippen LogP contribution in [-0.4, -0.2) is 48.3 Å². The number of rotatable bonds is 9. The van der Waals surface area contributed by atoms with Gasteiger partial charge in [-0.25, -0.2) is 0 Å². The highest BCUT2D eigenvalue weighted by Gasteiger charge is 2.13. The molecule has 0 unspecified atom stereocenters. The summed E-state index contributed by atoms with van der Waals surface area (Å²) in [5.74, 6) is -0.395. The molecular formula is C24H30N2O4. The molecule has 3 rings (SSSR count). The van der Waals surface area contributed by atoms with Crippen LogP contribution in [-0.2, 0) is 0 Å². The van der Waals surface area contributed by atoms with Gasteiger partial charge in [0.05, 0.1) is 5.39 Å². The Morgan fingerprint density at radius 2 is 1.70 bits per heavy atom. The zero-order valence-corrected chi connectivity index (χ0v) is 17.9. The van der Waals surface area contributed by atoms with E-state index in [1.807, 2.05) is 24.3 Å². The molecule has 0 aliphatic carbocycles. The highest BCUT2D eigenvalue weighted by atomic mass is 16.4. The number of phenols is 2. The number of hydrogen-bond donors (Lipinski definition) is 2. The van der Waals surface area contributed by atoms with Crippen molar-refractivity contribution in [1.82, 2.24) is 4.90 Å². The molecule has 0 saturated carbocycles. The zero-order chi connectivity index (χ0) is 21.7. The predicted octanol–water partition coefficient (Wildman–Crippen LogP) is 4.43. The van der Waals surface area contributed by atoms with Gasteiger partial charge in [0.1, 0.15) is 5.76 Å². The first-order valence-electron chi connectivity index (χ1n) is 10.5. The van der Waals surface area contributed by atoms with E-state index in [0.717, 1.165) is 43.9 Å². The minimum atomic E-state index is -0.424. The quantitative estimate of drug-likeness (QED) is 0.508. The van der Waals surface area contributed by atoms with Crippen LogP contribution in [0.1, 0.15) is 26.7 Å². The summed E-state index contributed by atoms with van der Waals surface area (Å²) in [6.45, 7) is 8.67. The van der Waals surface area contributed by atoms with Gasteiger partial charge in [0, 0.05) is 30.9 Å². The van der Waals surface area contributed by atoms with Crippen LogP contribution in [0, 0.1) is 0 Å². The highest BCUT2D eigenvalue weighted by molar-refractivity contribution is 5.86. The van der Waals surface area contributed by atoms with Crippen LogP contribution < -0.4 is 10.3 Å². The highest BCUT2D eigenvalue weighted by Crippen LogP contribution is 2.34. The van der Waals surface area contributed by atoms with Crippen LogP contribution in [0.3, 0.4) is 0 Å². The summed E-state index contributed by atoms with van der Waals surface area (Å²) in [4.78, 5) is 17.1. The van der Waals surface area contributed by atoms with Gasteiger partial charge < -0.3 is 24.4 Å². The van der Waals surface area contributed by atoms with Gasteiger partial charge in [-0.1, -0.05) is 13.8 Å². The van der Waals surface area contributed by atoms with E-state index in [9.17, 15) is 15.0 Å². The van der Waals surface area contributed by atoms with Gasteiger partial charge in [-0.2, -0.15) is 0 Å². The maximum Gasteiger partial charge on any atom is 0.201 e. The Kier molecular flexibility index (Phi) is 7.00. The normalized spacial score (nSPS) is 11.3. The maximum absolute atomic E-state index is 12.4. The molecule has 6 heteroatoms. The van der Waals surface area contributed by atoms with E-state index in [0.29, 0.717) is 5.76 Å². The van der Waals surface area contributed by atoms with E-state index >= 15 is 0 Å². The van der Waals surface area contributed by atoms with E-state index in [1.54, 1.807) is 0 Å². The lowest BCUT2D eigenvalue weighted by Gasteiger charge is -2.23. The Bertz CT molecular complexity index is 1040. The lowest BCUT2D eigenvalue weighted by Crippen LogP contribution is -2.28. The molecule has 0 radical (unpaired) electrons. The summed E-state index contributed by atoms with van der Waals surface area (Å²) in [7, 11) is 2.07. The molecule has 1 heterocycles. The smallest absolute Gasteiger partial charge is 0.201 e. The molecule has 0 spiro atoms. The Morgan fingerprint density at radius 1 is 0.967 bits per heavy atom. The van der Waals surface area contributed by atoms with Crippen molar-refractivity contribution in [3.63, 3.8) is 0 Å². The van der Waals surface area contributed by atoms with E-state index in [4.69, 9.17) is 4.42 Å². The van der Waals surface area contributed by atoms with Crippen molar-refractivity contribution >= 4 is 16.7 Å². The zero-order valence-electron chi connectivity index (χ0n) is 17.9. The summed E-state index contributed by atoms with van der Waals surface area (Å²) in [6.07, 6.45) is 2.27. The van der Waals surface area contributed by atoms with Crippen molar-refractivity contribution < 1.29 is 14.6 Å². The average molecular weight is 411 g/mol. The van der Waals surface area contributed by atoms with Gasteiger partial charge in [0.15, 0.2) is 16.8 Å². The molecular weight excluding hydrogens is 380 g/mol. The molecule has 1 aromatic heterocycles. The first kappa shape index (κ1) is 21.7. The van der Waals surface area contributed by atoms with Crippen LogP contribution in [0.15, 0.2) is 51.7 Å². The third kappa shape index (κ3) is 4.76. The molecule has 0 bridgehead atoms. The monoisotopic (exact) mass is 410 g/mol. The Balaban J connectivity index is 1.74. The Hall–Kier alpha value is -2.99. The minimum Gasteiger partial charge on any atom is -0.504 e. The standard InChI is InChI=1S/C24H30N2O4/c1-4-13-26(5-2)15-6-14-25(3)18-9-7-17(8-10-18)22-16-21(28)19-11-12-20(27)23(29)24(19)30-22/h7-12,16,27,29H,4-6,13-15H2,1-3H3. The van der Waals surface area contributed by atoms with Crippen LogP contribution >= 0.6 is 0 Å². The number of anilines is 1. The summed E-state index contributed by atoms with van der Waals surface area (Å²) in [5, 5.41) is 20.0. The van der Waals surface area contributed by atoms with Crippen molar-refractivity contribution in [1.29, 1.82) is 0 Å². The summed E-state index contributed by atoms with van der Waals surface area (Å²) in [6, 6.07) is 11.9. The number of aromatic hydroxyl groups is 2. The fourth-order valence-corrected chi connectivity index (χ4v) is 3.62. The van der Waals surface area contributed by atoms with Crippen LogP contribution in [0.4, 0.5) is 5.69 Å². The van der Waals surface area contributed by atoms with Gasteiger partial charge in [-0.15, -0.1) is 0 Å². The lowest BCUT2D eigenvalue weighted by atomic mass is 10.1. The molecule has 0 saturated heterocycles. The number of hydrogen-bond acceptors (Lipinski definition) is 6. The van der Waals surface area contributed by atoms with Gasteiger partial charge >= 0.3 is 0 Å². The van der Waals surface area contributed by atoms with Gasteiger partial charge in [0.25, 0.3) is 0 Å². The summed E-state index contributed by atoms with van der Waals surface area (Å²) in [5.41, 5.74) is 1.54. The first-order chi connectivity index (χ1) is 14.4. The molecule has 6 nitrogen and oxygen atoms in total. The minimum absolute atomic E-state index is 0.00810. The predicted molar refractivity (Wildman–Crippen MR) is 122 cm³/mol. The molecule has 0 fully saturated rings. The van der Waals surface area contributed by atoms with Gasteiger partial charge in [-0.05, 0) is 68.9 Å². The van der Waals surface area contributed by atoms with Crippen molar-refractivity contribution in [2.45, 2.75) is 26.7 Å². The Labute approximate surface area is 177 Å². The van der Waals surface area contributed by atoms with Gasteiger partial charge in [0.2, 0.25) is 5.75 Å². The third-order valence-corrected chi connectivity index (χ3v) is 5.40. The molecule has 2 N–H and O–H groups in total. The average Bonchev–Trinajstić information content (AvgIpc) is 2.75. The van der Waals surface area contributed by atoms with Crippen LogP contribution in [0.25, 0.3) is 22.3 Å². The third-order valence-electron chi connectivity index (χ3n) is 5.40. The fraction of sp³-hybridized carbons (Fsp3) is 0.375.